The summed E-state index contributed by atoms with van der Waals surface area (Å²) in [5, 5.41) is 3.65. The van der Waals surface area contributed by atoms with Crippen molar-refractivity contribution in [2.75, 3.05) is 69.7 Å². The lowest BCUT2D eigenvalue weighted by Crippen LogP contribution is -2.46. The van der Waals surface area contributed by atoms with Crippen LogP contribution in [0.3, 0.4) is 0 Å². The number of carbonyl (C=O) groups excluding carboxylic acids is 1. The van der Waals surface area contributed by atoms with E-state index in [1.807, 2.05) is 36.2 Å². The molecule has 0 unspecified atom stereocenters. The molecule has 2 aromatic rings. The number of hydrogen-bond acceptors (Lipinski definition) is 5. The van der Waals surface area contributed by atoms with E-state index >= 15 is 0 Å². The highest BCUT2D eigenvalue weighted by molar-refractivity contribution is 6.30. The van der Waals surface area contributed by atoms with E-state index in [1.54, 1.807) is 12.1 Å². The first-order valence-corrected chi connectivity index (χ1v) is 10.9. The van der Waals surface area contributed by atoms with Crippen LogP contribution >= 0.6 is 11.6 Å². The Morgan fingerprint density at radius 3 is 2.37 bits per heavy atom. The molecule has 0 aromatic heterocycles. The normalized spacial score (nSPS) is 14.7. The van der Waals surface area contributed by atoms with Crippen molar-refractivity contribution in [3.8, 4) is 5.75 Å². The molecule has 30 heavy (non-hydrogen) atoms. The predicted molar refractivity (Wildman–Crippen MR) is 124 cm³/mol. The van der Waals surface area contributed by atoms with Gasteiger partial charge in [-0.2, -0.15) is 0 Å². The molecular weight excluding hydrogens is 400 g/mol. The Labute approximate surface area is 184 Å². The first-order chi connectivity index (χ1) is 14.5. The van der Waals surface area contributed by atoms with Gasteiger partial charge in [0, 0.05) is 49.1 Å². The summed E-state index contributed by atoms with van der Waals surface area (Å²) >= 11 is 5.87. The molecule has 1 amide bonds. The third-order valence-corrected chi connectivity index (χ3v) is 5.56. The zero-order valence-corrected chi connectivity index (χ0v) is 18.6. The van der Waals surface area contributed by atoms with Crippen molar-refractivity contribution in [3.63, 3.8) is 0 Å². The Morgan fingerprint density at radius 1 is 1.07 bits per heavy atom. The number of piperazine rings is 1. The number of amides is 1. The Kier molecular flexibility index (Phi) is 8.37. The summed E-state index contributed by atoms with van der Waals surface area (Å²) in [5.74, 6) is 0.738. The van der Waals surface area contributed by atoms with Crippen LogP contribution in [-0.2, 0) is 4.79 Å². The average molecular weight is 431 g/mol. The van der Waals surface area contributed by atoms with Gasteiger partial charge in [-0.05, 0) is 62.1 Å². The van der Waals surface area contributed by atoms with Gasteiger partial charge in [0.1, 0.15) is 12.4 Å². The number of nitrogens with one attached hydrogen (secondary N) is 1. The fourth-order valence-electron chi connectivity index (χ4n) is 3.45. The SMILES string of the molecule is CCN1CCN(c2ccc(NC(=O)CN(C)CCOc3ccc(Cl)cc3)cc2)CC1. The van der Waals surface area contributed by atoms with Crippen LogP contribution in [0.15, 0.2) is 48.5 Å². The highest BCUT2D eigenvalue weighted by atomic mass is 35.5. The molecule has 1 aliphatic heterocycles. The molecule has 2 aromatic carbocycles. The summed E-state index contributed by atoms with van der Waals surface area (Å²) in [6.07, 6.45) is 0. The Balaban J connectivity index is 1.38. The molecule has 3 rings (SSSR count). The van der Waals surface area contributed by atoms with Crippen LogP contribution in [0.1, 0.15) is 6.92 Å². The van der Waals surface area contributed by atoms with Crippen molar-refractivity contribution >= 4 is 28.9 Å². The number of likely N-dealkylation sites (N-methyl/N-ethyl adjacent to an activating group) is 2. The van der Waals surface area contributed by atoms with Gasteiger partial charge in [-0.25, -0.2) is 0 Å². The quantitative estimate of drug-likeness (QED) is 0.660. The van der Waals surface area contributed by atoms with Crippen molar-refractivity contribution in [3.05, 3.63) is 53.6 Å². The van der Waals surface area contributed by atoms with Crippen LogP contribution in [-0.4, -0.2) is 75.2 Å². The second kappa shape index (κ2) is 11.2. The highest BCUT2D eigenvalue weighted by Gasteiger charge is 2.15. The largest absolute Gasteiger partial charge is 0.492 e. The topological polar surface area (TPSA) is 48.0 Å². The second-order valence-electron chi connectivity index (χ2n) is 7.56. The van der Waals surface area contributed by atoms with Crippen LogP contribution in [0.4, 0.5) is 11.4 Å². The van der Waals surface area contributed by atoms with Crippen LogP contribution < -0.4 is 15.0 Å². The summed E-state index contributed by atoms with van der Waals surface area (Å²) in [5.41, 5.74) is 2.03. The molecular formula is C23H31ClN4O2. The Hall–Kier alpha value is -2.28. The number of rotatable bonds is 9. The van der Waals surface area contributed by atoms with E-state index in [1.165, 1.54) is 5.69 Å². The van der Waals surface area contributed by atoms with Gasteiger partial charge in [0.25, 0.3) is 0 Å². The molecule has 1 N–H and O–H groups in total. The van der Waals surface area contributed by atoms with Gasteiger partial charge in [-0.15, -0.1) is 0 Å². The minimum absolute atomic E-state index is 0.0340. The summed E-state index contributed by atoms with van der Waals surface area (Å²) in [6.45, 7) is 9.07. The smallest absolute Gasteiger partial charge is 0.238 e. The fourth-order valence-corrected chi connectivity index (χ4v) is 3.58. The lowest BCUT2D eigenvalue weighted by atomic mass is 10.2. The molecule has 1 saturated heterocycles. The van der Waals surface area contributed by atoms with Crippen LogP contribution in [0.5, 0.6) is 5.75 Å². The molecule has 1 fully saturated rings. The summed E-state index contributed by atoms with van der Waals surface area (Å²) < 4.78 is 5.68. The summed E-state index contributed by atoms with van der Waals surface area (Å²) in [6, 6.07) is 15.4. The maximum absolute atomic E-state index is 12.3. The van der Waals surface area contributed by atoms with Crippen molar-refractivity contribution < 1.29 is 9.53 Å². The summed E-state index contributed by atoms with van der Waals surface area (Å²) in [4.78, 5) is 19.1. The van der Waals surface area contributed by atoms with E-state index in [-0.39, 0.29) is 5.91 Å². The first-order valence-electron chi connectivity index (χ1n) is 10.5. The molecule has 0 spiro atoms. The van der Waals surface area contributed by atoms with Crippen molar-refractivity contribution in [1.82, 2.24) is 9.80 Å². The molecule has 0 bridgehead atoms. The van der Waals surface area contributed by atoms with Gasteiger partial charge in [-0.1, -0.05) is 18.5 Å². The van der Waals surface area contributed by atoms with Crippen LogP contribution in [0.25, 0.3) is 0 Å². The lowest BCUT2D eigenvalue weighted by molar-refractivity contribution is -0.117. The molecule has 0 radical (unpaired) electrons. The van der Waals surface area contributed by atoms with E-state index in [2.05, 4.69) is 34.2 Å². The number of hydrogen-bond donors (Lipinski definition) is 1. The number of halogens is 1. The van der Waals surface area contributed by atoms with Crippen molar-refractivity contribution in [2.24, 2.45) is 0 Å². The van der Waals surface area contributed by atoms with E-state index < -0.39 is 0 Å². The maximum Gasteiger partial charge on any atom is 0.238 e. The molecule has 6 nitrogen and oxygen atoms in total. The monoisotopic (exact) mass is 430 g/mol. The van der Waals surface area contributed by atoms with Crippen LogP contribution in [0.2, 0.25) is 5.02 Å². The number of carbonyl (C=O) groups is 1. The minimum atomic E-state index is -0.0340. The van der Waals surface area contributed by atoms with Gasteiger partial charge in [0.2, 0.25) is 5.91 Å². The maximum atomic E-state index is 12.3. The predicted octanol–water partition coefficient (Wildman–Crippen LogP) is 3.43. The van der Waals surface area contributed by atoms with Crippen molar-refractivity contribution in [1.29, 1.82) is 0 Å². The standard InChI is InChI=1S/C23H31ClN4O2/c1-3-27-12-14-28(15-13-27)21-8-6-20(7-9-21)25-23(29)18-26(2)16-17-30-22-10-4-19(24)5-11-22/h4-11H,3,12-18H2,1-2H3,(H,25,29). The number of benzene rings is 2. The first kappa shape index (κ1) is 22.4. The number of ether oxygens (including phenoxy) is 1. The van der Waals surface area contributed by atoms with Gasteiger partial charge < -0.3 is 19.9 Å². The molecule has 7 heteroatoms. The second-order valence-corrected chi connectivity index (χ2v) is 7.99. The van der Waals surface area contributed by atoms with E-state index in [0.717, 1.165) is 44.2 Å². The van der Waals surface area contributed by atoms with Gasteiger partial charge in [-0.3, -0.25) is 9.69 Å². The van der Waals surface area contributed by atoms with Gasteiger partial charge in [0.05, 0.1) is 6.54 Å². The average Bonchev–Trinajstić information content (AvgIpc) is 2.75. The Bertz CT molecular complexity index is 790. The van der Waals surface area contributed by atoms with Gasteiger partial charge >= 0.3 is 0 Å². The molecule has 0 saturated carbocycles. The zero-order valence-electron chi connectivity index (χ0n) is 17.8. The fraction of sp³-hybridized carbons (Fsp3) is 0.435. The number of nitrogens with zero attached hydrogens (tertiary/aromatic N) is 3. The van der Waals surface area contributed by atoms with E-state index in [0.29, 0.717) is 24.7 Å². The minimum Gasteiger partial charge on any atom is -0.492 e. The molecule has 0 atom stereocenters. The Morgan fingerprint density at radius 2 is 1.73 bits per heavy atom. The highest BCUT2D eigenvalue weighted by Crippen LogP contribution is 2.19. The van der Waals surface area contributed by atoms with Crippen LogP contribution in [0, 0.1) is 0 Å². The molecule has 1 heterocycles. The molecule has 162 valence electrons. The summed E-state index contributed by atoms with van der Waals surface area (Å²) in [7, 11) is 1.91. The lowest BCUT2D eigenvalue weighted by Gasteiger charge is -2.35. The number of anilines is 2. The third kappa shape index (κ3) is 6.90. The van der Waals surface area contributed by atoms with E-state index in [9.17, 15) is 4.79 Å². The van der Waals surface area contributed by atoms with E-state index in [4.69, 9.17) is 16.3 Å². The third-order valence-electron chi connectivity index (χ3n) is 5.30. The molecule has 1 aliphatic rings. The molecule has 0 aliphatic carbocycles. The zero-order chi connectivity index (χ0) is 21.3. The van der Waals surface area contributed by atoms with Crippen molar-refractivity contribution in [2.45, 2.75) is 6.92 Å². The van der Waals surface area contributed by atoms with Gasteiger partial charge in [0.15, 0.2) is 0 Å².